The largest absolute Gasteiger partial charge is 0.357 e. The van der Waals surface area contributed by atoms with Gasteiger partial charge in [0.1, 0.15) is 5.83 Å². The number of nitrogens with zero attached hydrogens (tertiary/aromatic N) is 1. The summed E-state index contributed by atoms with van der Waals surface area (Å²) in [4.78, 5) is 2.60. The number of rotatable bonds is 1. The molecule has 1 nitrogen and oxygen atoms in total. The van der Waals surface area contributed by atoms with Gasteiger partial charge >= 0.3 is 0 Å². The Hall–Kier alpha value is -4.43. The second-order valence-corrected chi connectivity index (χ2v) is 12.5. The van der Waals surface area contributed by atoms with Gasteiger partial charge in [0.25, 0.3) is 0 Å². The Labute approximate surface area is 239 Å². The van der Waals surface area contributed by atoms with E-state index in [4.69, 9.17) is 0 Å². The Morgan fingerprint density at radius 3 is 2.24 bits per heavy atom. The van der Waals surface area contributed by atoms with Gasteiger partial charge in [0.2, 0.25) is 0 Å². The standard InChI is InChI=1S/C39H30FN/c1-39(2)35-14-8-7-13-29(35)32-20-34-33-19-30-27-11-5-3-9-25(27)26-10-4-6-12-28(26)31(30)21-37(33)41(38(34)22-36(32)39)24-17-15-23(40)16-18-24/h3-17,19-20,22,24,37H,18,21H2,1-2H3. The van der Waals surface area contributed by atoms with E-state index in [-0.39, 0.29) is 23.3 Å². The average Bonchev–Trinajstić information content (AvgIpc) is 3.44. The van der Waals surface area contributed by atoms with E-state index >= 15 is 0 Å². The second-order valence-electron chi connectivity index (χ2n) is 12.5. The van der Waals surface area contributed by atoms with Gasteiger partial charge in [-0.05, 0) is 104 Å². The van der Waals surface area contributed by atoms with Gasteiger partial charge in [-0.3, -0.25) is 0 Å². The number of hydrogen-bond acceptors (Lipinski definition) is 1. The molecule has 41 heavy (non-hydrogen) atoms. The molecule has 1 aliphatic heterocycles. The van der Waals surface area contributed by atoms with Gasteiger partial charge in [-0.25, -0.2) is 4.39 Å². The molecule has 2 atom stereocenters. The molecule has 0 spiro atoms. The van der Waals surface area contributed by atoms with Crippen molar-refractivity contribution in [2.75, 3.05) is 4.90 Å². The first kappa shape index (κ1) is 23.3. The molecule has 3 aliphatic carbocycles. The molecule has 0 amide bonds. The first-order valence-corrected chi connectivity index (χ1v) is 14.8. The normalized spacial score (nSPS) is 21.2. The second kappa shape index (κ2) is 8.07. The fourth-order valence-corrected chi connectivity index (χ4v) is 8.23. The van der Waals surface area contributed by atoms with E-state index < -0.39 is 0 Å². The third-order valence-corrected chi connectivity index (χ3v) is 10.2. The third-order valence-electron chi connectivity index (χ3n) is 10.2. The highest BCUT2D eigenvalue weighted by molar-refractivity contribution is 6.16. The molecular weight excluding hydrogens is 501 g/mol. The van der Waals surface area contributed by atoms with Gasteiger partial charge in [-0.15, -0.1) is 0 Å². The third kappa shape index (κ3) is 3.05. The van der Waals surface area contributed by atoms with Crippen molar-refractivity contribution >= 4 is 38.9 Å². The van der Waals surface area contributed by atoms with Crippen molar-refractivity contribution in [1.29, 1.82) is 0 Å². The Balaban J connectivity index is 1.33. The Kier molecular flexibility index (Phi) is 4.59. The van der Waals surface area contributed by atoms with Crippen LogP contribution in [0.3, 0.4) is 0 Å². The molecule has 1 heterocycles. The van der Waals surface area contributed by atoms with Crippen LogP contribution in [0.15, 0.2) is 109 Å². The summed E-state index contributed by atoms with van der Waals surface area (Å²) in [5.74, 6) is -0.131. The quantitative estimate of drug-likeness (QED) is 0.195. The Morgan fingerprint density at radius 2 is 1.46 bits per heavy atom. The van der Waals surface area contributed by atoms with Crippen molar-refractivity contribution < 1.29 is 4.39 Å². The van der Waals surface area contributed by atoms with Crippen molar-refractivity contribution in [1.82, 2.24) is 0 Å². The van der Waals surface area contributed by atoms with Crippen molar-refractivity contribution in [2.24, 2.45) is 0 Å². The van der Waals surface area contributed by atoms with Crippen molar-refractivity contribution in [2.45, 2.75) is 44.2 Å². The lowest BCUT2D eigenvalue weighted by molar-refractivity contribution is 0.601. The molecular formula is C39H30FN. The highest BCUT2D eigenvalue weighted by atomic mass is 19.1. The maximum absolute atomic E-state index is 14.2. The number of halogens is 1. The molecule has 0 fully saturated rings. The van der Waals surface area contributed by atoms with E-state index in [2.05, 4.69) is 116 Å². The van der Waals surface area contributed by atoms with E-state index in [1.807, 2.05) is 0 Å². The van der Waals surface area contributed by atoms with Crippen LogP contribution in [0.4, 0.5) is 10.1 Å². The topological polar surface area (TPSA) is 3.24 Å². The van der Waals surface area contributed by atoms with Crippen LogP contribution in [0.25, 0.3) is 44.3 Å². The van der Waals surface area contributed by atoms with E-state index in [0.717, 1.165) is 6.42 Å². The summed E-state index contributed by atoms with van der Waals surface area (Å²) in [6.45, 7) is 4.70. The van der Waals surface area contributed by atoms with Crippen LogP contribution < -0.4 is 4.90 Å². The number of benzene rings is 5. The zero-order valence-corrected chi connectivity index (χ0v) is 23.3. The van der Waals surface area contributed by atoms with Gasteiger partial charge < -0.3 is 4.90 Å². The minimum atomic E-state index is -0.131. The van der Waals surface area contributed by atoms with Crippen molar-refractivity contribution in [3.8, 4) is 11.1 Å². The molecule has 2 heteroatoms. The lowest BCUT2D eigenvalue weighted by Crippen LogP contribution is -2.42. The monoisotopic (exact) mass is 531 g/mol. The number of hydrogen-bond donors (Lipinski definition) is 0. The molecule has 2 unspecified atom stereocenters. The summed E-state index contributed by atoms with van der Waals surface area (Å²) in [6, 6.07) is 31.9. The molecule has 4 aliphatic rings. The van der Waals surface area contributed by atoms with E-state index in [0.29, 0.717) is 6.42 Å². The molecule has 198 valence electrons. The molecule has 0 bridgehead atoms. The molecule has 0 aromatic heterocycles. The highest BCUT2D eigenvalue weighted by Gasteiger charge is 2.44. The lowest BCUT2D eigenvalue weighted by atomic mass is 9.80. The maximum Gasteiger partial charge on any atom is 0.119 e. The summed E-state index contributed by atoms with van der Waals surface area (Å²) in [6.07, 6.45) is 9.57. The van der Waals surface area contributed by atoms with E-state index in [1.165, 1.54) is 71.7 Å². The lowest BCUT2D eigenvalue weighted by Gasteiger charge is -2.37. The van der Waals surface area contributed by atoms with Gasteiger partial charge in [0, 0.05) is 16.7 Å². The Bertz CT molecular complexity index is 2060. The maximum atomic E-state index is 14.2. The number of fused-ring (bicyclic) bond motifs is 12. The van der Waals surface area contributed by atoms with Crippen LogP contribution in [-0.2, 0) is 11.8 Å². The van der Waals surface area contributed by atoms with E-state index in [9.17, 15) is 4.39 Å². The summed E-state index contributed by atoms with van der Waals surface area (Å²) in [7, 11) is 0. The van der Waals surface area contributed by atoms with Crippen LogP contribution in [0, 0.1) is 0 Å². The summed E-state index contributed by atoms with van der Waals surface area (Å²) >= 11 is 0. The van der Waals surface area contributed by atoms with Gasteiger partial charge in [0.15, 0.2) is 0 Å². The minimum absolute atomic E-state index is 0.0709. The van der Waals surface area contributed by atoms with Crippen LogP contribution >= 0.6 is 0 Å². The predicted molar refractivity (Wildman–Crippen MR) is 170 cm³/mol. The summed E-state index contributed by atoms with van der Waals surface area (Å²) < 4.78 is 14.2. The van der Waals surface area contributed by atoms with Crippen LogP contribution in [0.2, 0.25) is 0 Å². The Morgan fingerprint density at radius 1 is 0.756 bits per heavy atom. The summed E-state index contributed by atoms with van der Waals surface area (Å²) in [5.41, 5.74) is 12.2. The fraction of sp³-hybridized carbons (Fsp3) is 0.179. The SMILES string of the molecule is CC1(C)c2ccccc2-c2cc3c(cc21)N(C1C=CC(F)=CC1)C1Cc2c(c4ccccc4c4ccccc24)C=C31. The van der Waals surface area contributed by atoms with Crippen LogP contribution in [0.1, 0.15) is 48.1 Å². The summed E-state index contributed by atoms with van der Waals surface area (Å²) in [5, 5.41) is 5.30. The van der Waals surface area contributed by atoms with Crippen molar-refractivity contribution in [3.63, 3.8) is 0 Å². The minimum Gasteiger partial charge on any atom is -0.357 e. The average molecular weight is 532 g/mol. The molecule has 0 radical (unpaired) electrons. The number of anilines is 1. The molecule has 0 N–H and O–H groups in total. The zero-order valence-electron chi connectivity index (χ0n) is 23.3. The van der Waals surface area contributed by atoms with Crippen molar-refractivity contribution in [3.05, 3.63) is 137 Å². The smallest absolute Gasteiger partial charge is 0.119 e. The van der Waals surface area contributed by atoms with Crippen LogP contribution in [-0.4, -0.2) is 12.1 Å². The first-order valence-electron chi connectivity index (χ1n) is 14.8. The zero-order chi connectivity index (χ0) is 27.5. The predicted octanol–water partition coefficient (Wildman–Crippen LogP) is 9.77. The molecule has 5 aromatic rings. The first-order chi connectivity index (χ1) is 20.0. The van der Waals surface area contributed by atoms with Crippen LogP contribution in [0.5, 0.6) is 0 Å². The molecule has 9 rings (SSSR count). The van der Waals surface area contributed by atoms with Gasteiger partial charge in [-0.1, -0.05) is 92.7 Å². The van der Waals surface area contributed by atoms with Gasteiger partial charge in [0.05, 0.1) is 12.1 Å². The molecule has 0 saturated carbocycles. The highest BCUT2D eigenvalue weighted by Crippen LogP contribution is 2.56. The fourth-order valence-electron chi connectivity index (χ4n) is 8.23. The molecule has 0 saturated heterocycles. The number of allylic oxidation sites excluding steroid dienone is 2. The van der Waals surface area contributed by atoms with E-state index in [1.54, 1.807) is 12.2 Å². The van der Waals surface area contributed by atoms with Gasteiger partial charge in [-0.2, -0.15) is 0 Å². The molecule has 5 aromatic carbocycles.